The third-order valence-corrected chi connectivity index (χ3v) is 8.97. The van der Waals surface area contributed by atoms with Gasteiger partial charge >= 0.3 is 0 Å². The van der Waals surface area contributed by atoms with Gasteiger partial charge in [-0.05, 0) is 68.7 Å². The van der Waals surface area contributed by atoms with Crippen LogP contribution in [0.3, 0.4) is 0 Å². The van der Waals surface area contributed by atoms with Gasteiger partial charge in [0.1, 0.15) is 11.9 Å². The summed E-state index contributed by atoms with van der Waals surface area (Å²) in [5.41, 5.74) is 4.80. The number of anilines is 1. The highest BCUT2D eigenvalue weighted by atomic mass is 17.1. The molecule has 0 aliphatic heterocycles. The van der Waals surface area contributed by atoms with Gasteiger partial charge < -0.3 is 14.8 Å². The predicted molar refractivity (Wildman–Crippen MR) is 169 cm³/mol. The molecule has 0 saturated heterocycles. The molecule has 11 heteroatoms. The van der Waals surface area contributed by atoms with Gasteiger partial charge in [-0.15, -0.1) is 0 Å². The van der Waals surface area contributed by atoms with Crippen molar-refractivity contribution in [1.29, 1.82) is 0 Å². The van der Waals surface area contributed by atoms with Gasteiger partial charge in [-0.1, -0.05) is 62.9 Å². The lowest BCUT2D eigenvalue weighted by Crippen LogP contribution is -2.31. The second-order valence-corrected chi connectivity index (χ2v) is 12.2. The van der Waals surface area contributed by atoms with Crippen molar-refractivity contribution >= 4 is 29.4 Å². The number of hydrogen-bond donors (Lipinski definition) is 3. The number of nitrogens with one attached hydrogen (secondary N) is 2. The highest BCUT2D eigenvalue weighted by Crippen LogP contribution is 2.50. The largest absolute Gasteiger partial charge is 0.481 e. The number of rotatable bonds is 10. The summed E-state index contributed by atoms with van der Waals surface area (Å²) in [6.45, 7) is 19.9. The average Bonchev–Trinajstić information content (AvgIpc) is 3.55. The summed E-state index contributed by atoms with van der Waals surface area (Å²) in [6.07, 6.45) is 1.40. The maximum absolute atomic E-state index is 13.2. The SMILES string of the molecule is [C-]#[N+]c1c(C(OO)C2C(C)CCCC2C)c2nc(-c3ccc(C)c(NC(=O)C(C)Oc4ccc(C)cc4C)c3)[nH]n2c1OC=O. The zero-order valence-corrected chi connectivity index (χ0v) is 26.4. The van der Waals surface area contributed by atoms with E-state index in [0.717, 1.165) is 36.0 Å². The monoisotopic (exact) mass is 613 g/mol. The number of ether oxygens (including phenoxy) is 2. The van der Waals surface area contributed by atoms with Gasteiger partial charge in [0.2, 0.25) is 5.88 Å². The molecule has 3 N–H and O–H groups in total. The lowest BCUT2D eigenvalue weighted by atomic mass is 9.69. The van der Waals surface area contributed by atoms with Gasteiger partial charge in [0.05, 0.1) is 6.57 Å². The van der Waals surface area contributed by atoms with Gasteiger partial charge in [-0.25, -0.2) is 19.2 Å². The molecule has 5 rings (SSSR count). The van der Waals surface area contributed by atoms with Crippen molar-refractivity contribution in [2.24, 2.45) is 17.8 Å². The van der Waals surface area contributed by atoms with Crippen LogP contribution in [0.15, 0.2) is 36.4 Å². The number of H-pyrrole nitrogens is 1. The molecule has 4 aromatic rings. The first-order chi connectivity index (χ1) is 21.6. The van der Waals surface area contributed by atoms with Crippen molar-refractivity contribution in [3.05, 3.63) is 70.1 Å². The first kappa shape index (κ1) is 31.8. The summed E-state index contributed by atoms with van der Waals surface area (Å²) < 4.78 is 12.7. The van der Waals surface area contributed by atoms with E-state index in [4.69, 9.17) is 25.9 Å². The molecular formula is C34H39N5O6. The molecule has 0 radical (unpaired) electrons. The Morgan fingerprint density at radius 2 is 1.89 bits per heavy atom. The molecule has 4 unspecified atom stereocenters. The van der Waals surface area contributed by atoms with Crippen LogP contribution < -0.4 is 14.8 Å². The van der Waals surface area contributed by atoms with E-state index in [1.54, 1.807) is 13.0 Å². The lowest BCUT2D eigenvalue weighted by Gasteiger charge is -2.38. The number of carbonyl (C=O) groups excluding carboxylic acids is 2. The molecule has 236 valence electrons. The van der Waals surface area contributed by atoms with Gasteiger partial charge in [0.15, 0.2) is 17.6 Å². The molecule has 2 aromatic heterocycles. The molecule has 2 aromatic carbocycles. The minimum Gasteiger partial charge on any atom is -0.481 e. The van der Waals surface area contributed by atoms with E-state index in [2.05, 4.69) is 29.1 Å². The van der Waals surface area contributed by atoms with Crippen LogP contribution in [0, 0.1) is 45.1 Å². The number of aromatic nitrogens is 3. The number of fused-ring (bicyclic) bond motifs is 1. The van der Waals surface area contributed by atoms with Crippen molar-refractivity contribution in [3.63, 3.8) is 0 Å². The number of benzene rings is 2. The predicted octanol–water partition coefficient (Wildman–Crippen LogP) is 7.35. The molecule has 1 fully saturated rings. The summed E-state index contributed by atoms with van der Waals surface area (Å²) in [4.78, 5) is 38.2. The Morgan fingerprint density at radius 1 is 1.16 bits per heavy atom. The second kappa shape index (κ2) is 13.1. The Kier molecular flexibility index (Phi) is 9.27. The van der Waals surface area contributed by atoms with E-state index in [1.165, 1.54) is 4.52 Å². The first-order valence-corrected chi connectivity index (χ1v) is 15.2. The zero-order valence-electron chi connectivity index (χ0n) is 26.4. The van der Waals surface area contributed by atoms with Crippen molar-refractivity contribution in [2.45, 2.75) is 73.0 Å². The molecule has 0 bridgehead atoms. The van der Waals surface area contributed by atoms with Crippen molar-refractivity contribution in [2.75, 3.05) is 5.32 Å². The summed E-state index contributed by atoms with van der Waals surface area (Å²) >= 11 is 0. The molecular weight excluding hydrogens is 574 g/mol. The number of aromatic amines is 1. The third kappa shape index (κ3) is 6.16. The topological polar surface area (TPSA) is 132 Å². The normalized spacial score (nSPS) is 19.5. The number of amides is 1. The minimum atomic E-state index is -0.860. The molecule has 1 aliphatic rings. The van der Waals surface area contributed by atoms with Crippen LogP contribution in [0.2, 0.25) is 0 Å². The van der Waals surface area contributed by atoms with Crippen LogP contribution >= 0.6 is 0 Å². The standard InChI is InChI=1S/C34H39N5O6/c1-18-11-14-26(22(5)15-18)44-23(6)33(41)36-25-16-24(13-12-19(25)2)31-37-32-28(29(35-7)34(43-17-40)39(32)38-31)30(45-42)27-20(3)9-8-10-21(27)4/h11-17,20-21,23,27,30,42H,8-10H2,1-6H3,(H,36,41)(H,37,38). The molecule has 0 spiro atoms. The van der Waals surface area contributed by atoms with E-state index in [-0.39, 0.29) is 41.7 Å². The molecule has 1 aliphatic carbocycles. The van der Waals surface area contributed by atoms with Crippen LogP contribution in [0.1, 0.15) is 68.4 Å². The molecule has 2 heterocycles. The first-order valence-electron chi connectivity index (χ1n) is 15.2. The minimum absolute atomic E-state index is 0.0417. The lowest BCUT2D eigenvalue weighted by molar-refractivity contribution is -0.302. The summed E-state index contributed by atoms with van der Waals surface area (Å²) in [5.74, 6) is 1.04. The Balaban J connectivity index is 1.50. The molecule has 11 nitrogen and oxygen atoms in total. The van der Waals surface area contributed by atoms with Gasteiger partial charge in [-0.2, -0.15) is 0 Å². The van der Waals surface area contributed by atoms with Gasteiger partial charge in [0, 0.05) is 16.8 Å². The molecule has 4 atom stereocenters. The Labute approximate surface area is 262 Å². The van der Waals surface area contributed by atoms with Crippen LogP contribution in [0.4, 0.5) is 11.4 Å². The van der Waals surface area contributed by atoms with Crippen LogP contribution in [-0.4, -0.2) is 38.3 Å². The van der Waals surface area contributed by atoms with E-state index in [1.807, 2.05) is 51.1 Å². The van der Waals surface area contributed by atoms with Crippen LogP contribution in [-0.2, 0) is 14.5 Å². The maximum Gasteiger partial charge on any atom is 0.298 e. The van der Waals surface area contributed by atoms with Crippen LogP contribution in [0.25, 0.3) is 21.9 Å². The number of nitrogens with zero attached hydrogens (tertiary/aromatic N) is 3. The molecule has 1 saturated carbocycles. The number of aryl methyl sites for hydroxylation is 3. The van der Waals surface area contributed by atoms with Crippen LogP contribution in [0.5, 0.6) is 11.6 Å². The van der Waals surface area contributed by atoms with Gasteiger partial charge in [0.25, 0.3) is 18.1 Å². The van der Waals surface area contributed by atoms with Crippen molar-refractivity contribution in [3.8, 4) is 23.0 Å². The number of hydrogen-bond acceptors (Lipinski definition) is 7. The maximum atomic E-state index is 13.2. The smallest absolute Gasteiger partial charge is 0.298 e. The quantitative estimate of drug-likeness (QED) is 0.0737. The summed E-state index contributed by atoms with van der Waals surface area (Å²) in [5, 5.41) is 16.3. The highest BCUT2D eigenvalue weighted by Gasteiger charge is 2.41. The fourth-order valence-corrected chi connectivity index (χ4v) is 6.58. The van der Waals surface area contributed by atoms with E-state index < -0.39 is 12.2 Å². The van der Waals surface area contributed by atoms with E-state index >= 15 is 0 Å². The third-order valence-electron chi connectivity index (χ3n) is 8.97. The zero-order chi connectivity index (χ0) is 32.4. The Hall–Kier alpha value is -4.66. The van der Waals surface area contributed by atoms with Crippen molar-refractivity contribution in [1.82, 2.24) is 14.6 Å². The number of carbonyl (C=O) groups is 2. The van der Waals surface area contributed by atoms with E-state index in [0.29, 0.717) is 34.0 Å². The summed E-state index contributed by atoms with van der Waals surface area (Å²) in [7, 11) is 0. The molecule has 45 heavy (non-hydrogen) atoms. The Morgan fingerprint density at radius 3 is 2.53 bits per heavy atom. The second-order valence-electron chi connectivity index (χ2n) is 12.2. The van der Waals surface area contributed by atoms with Crippen molar-refractivity contribution < 1.29 is 29.2 Å². The fourth-order valence-electron chi connectivity index (χ4n) is 6.58. The average molecular weight is 614 g/mol. The van der Waals surface area contributed by atoms with Gasteiger partial charge in [-0.3, -0.25) is 19.9 Å². The fraction of sp³-hybridized carbons (Fsp3) is 0.412. The summed E-state index contributed by atoms with van der Waals surface area (Å²) in [6, 6.07) is 11.3. The Bertz CT molecular complexity index is 1760. The molecule has 1 amide bonds. The highest BCUT2D eigenvalue weighted by molar-refractivity contribution is 5.95. The van der Waals surface area contributed by atoms with E-state index in [9.17, 15) is 14.8 Å².